The minimum atomic E-state index is -0.409. The zero-order chi connectivity index (χ0) is 20.1. The van der Waals surface area contributed by atoms with Gasteiger partial charge in [0.1, 0.15) is 17.3 Å². The fraction of sp³-hybridized carbons (Fsp3) is 0. The summed E-state index contributed by atoms with van der Waals surface area (Å²) in [4.78, 5) is 16.1. The molecule has 2 N–H and O–H groups in total. The van der Waals surface area contributed by atoms with Gasteiger partial charge in [0.15, 0.2) is 5.11 Å². The highest BCUT2D eigenvalue weighted by Crippen LogP contribution is 2.34. The number of carbonyl (C=O) groups is 1. The summed E-state index contributed by atoms with van der Waals surface area (Å²) in [6.45, 7) is 0. The van der Waals surface area contributed by atoms with Crippen LogP contribution in [0.25, 0.3) is 17.4 Å². The Bertz CT molecular complexity index is 1050. The molecule has 142 valence electrons. The Hall–Kier alpha value is -2.19. The van der Waals surface area contributed by atoms with E-state index in [0.29, 0.717) is 32.9 Å². The first kappa shape index (κ1) is 20.5. The molecule has 0 aliphatic heterocycles. The molecule has 2 aromatic heterocycles. The number of aromatic nitrogens is 1. The van der Waals surface area contributed by atoms with Crippen molar-refractivity contribution in [2.24, 2.45) is 0 Å². The SMILES string of the molecule is O=C(C=Cc1ccc(-c2cccc(Cl)c2Cl)o1)NC(=S)Nc1ccc(Br)cn1. The first-order valence-electron chi connectivity index (χ1n) is 7.88. The van der Waals surface area contributed by atoms with Gasteiger partial charge in [-0.05, 0) is 70.6 Å². The molecule has 0 spiro atoms. The Kier molecular flexibility index (Phi) is 6.85. The molecular formula is C19H12BrCl2N3O2S. The van der Waals surface area contributed by atoms with Crippen LogP contribution in [0, 0.1) is 0 Å². The van der Waals surface area contributed by atoms with Crippen molar-refractivity contribution in [2.75, 3.05) is 5.32 Å². The van der Waals surface area contributed by atoms with Crippen LogP contribution in [0.1, 0.15) is 5.76 Å². The lowest BCUT2D eigenvalue weighted by Gasteiger charge is -2.06. The minimum absolute atomic E-state index is 0.135. The molecule has 1 amide bonds. The number of nitrogens with zero attached hydrogens (tertiary/aromatic N) is 1. The third-order valence-electron chi connectivity index (χ3n) is 3.45. The summed E-state index contributed by atoms with van der Waals surface area (Å²) in [5.74, 6) is 1.14. The van der Waals surface area contributed by atoms with E-state index >= 15 is 0 Å². The summed E-state index contributed by atoms with van der Waals surface area (Å²) >= 11 is 20.6. The van der Waals surface area contributed by atoms with Crippen LogP contribution in [-0.4, -0.2) is 16.0 Å². The molecule has 0 aliphatic carbocycles. The molecule has 28 heavy (non-hydrogen) atoms. The number of halogens is 3. The molecule has 9 heteroatoms. The molecule has 2 heterocycles. The Morgan fingerprint density at radius 3 is 2.75 bits per heavy atom. The average molecular weight is 497 g/mol. The number of hydrogen-bond acceptors (Lipinski definition) is 4. The number of rotatable bonds is 4. The summed E-state index contributed by atoms with van der Waals surface area (Å²) in [5.41, 5.74) is 0.672. The van der Waals surface area contributed by atoms with Crippen LogP contribution in [0.3, 0.4) is 0 Å². The number of pyridine rings is 1. The summed E-state index contributed by atoms with van der Waals surface area (Å²) in [6.07, 6.45) is 4.45. The fourth-order valence-corrected chi connectivity index (χ4v) is 3.02. The molecule has 1 aromatic carbocycles. The first-order chi connectivity index (χ1) is 13.4. The van der Waals surface area contributed by atoms with Gasteiger partial charge in [0.25, 0.3) is 0 Å². The smallest absolute Gasteiger partial charge is 0.250 e. The predicted octanol–water partition coefficient (Wildman–Crippen LogP) is 5.94. The van der Waals surface area contributed by atoms with E-state index in [1.807, 2.05) is 0 Å². The van der Waals surface area contributed by atoms with E-state index in [2.05, 4.69) is 31.5 Å². The van der Waals surface area contributed by atoms with Crippen molar-refractivity contribution in [3.8, 4) is 11.3 Å². The minimum Gasteiger partial charge on any atom is -0.457 e. The highest BCUT2D eigenvalue weighted by molar-refractivity contribution is 9.10. The molecule has 0 aliphatic rings. The normalized spacial score (nSPS) is 10.8. The molecule has 0 radical (unpaired) electrons. The number of anilines is 1. The lowest BCUT2D eigenvalue weighted by molar-refractivity contribution is -0.115. The average Bonchev–Trinajstić information content (AvgIpc) is 3.13. The van der Waals surface area contributed by atoms with E-state index in [4.69, 9.17) is 39.8 Å². The summed E-state index contributed by atoms with van der Waals surface area (Å²) in [6, 6.07) is 12.3. The van der Waals surface area contributed by atoms with Crippen LogP contribution < -0.4 is 10.6 Å². The number of benzene rings is 1. The number of hydrogen-bond donors (Lipinski definition) is 2. The van der Waals surface area contributed by atoms with Crippen molar-refractivity contribution < 1.29 is 9.21 Å². The van der Waals surface area contributed by atoms with Crippen molar-refractivity contribution in [3.05, 3.63) is 75.0 Å². The van der Waals surface area contributed by atoms with E-state index in [1.54, 1.807) is 48.7 Å². The van der Waals surface area contributed by atoms with Crippen molar-refractivity contribution in [2.45, 2.75) is 0 Å². The van der Waals surface area contributed by atoms with Crippen molar-refractivity contribution in [1.82, 2.24) is 10.3 Å². The molecule has 0 bridgehead atoms. The molecule has 0 saturated heterocycles. The third kappa shape index (κ3) is 5.42. The zero-order valence-corrected chi connectivity index (χ0v) is 18.0. The maximum atomic E-state index is 12.0. The Morgan fingerprint density at radius 2 is 2.00 bits per heavy atom. The van der Waals surface area contributed by atoms with Crippen LogP contribution in [0.15, 0.2) is 63.6 Å². The molecule has 0 unspecified atom stereocenters. The van der Waals surface area contributed by atoms with Gasteiger partial charge >= 0.3 is 0 Å². The molecule has 3 rings (SSSR count). The van der Waals surface area contributed by atoms with E-state index in [-0.39, 0.29) is 5.11 Å². The van der Waals surface area contributed by atoms with E-state index in [9.17, 15) is 4.79 Å². The lowest BCUT2D eigenvalue weighted by atomic mass is 10.2. The van der Waals surface area contributed by atoms with Gasteiger partial charge in [-0.1, -0.05) is 29.3 Å². The predicted molar refractivity (Wildman–Crippen MR) is 119 cm³/mol. The number of thiocarbonyl (C=S) groups is 1. The second-order valence-corrected chi connectivity index (χ2v) is 7.55. The van der Waals surface area contributed by atoms with Gasteiger partial charge in [-0.25, -0.2) is 4.98 Å². The van der Waals surface area contributed by atoms with Crippen LogP contribution in [0.5, 0.6) is 0 Å². The number of nitrogens with one attached hydrogen (secondary N) is 2. The highest BCUT2D eigenvalue weighted by atomic mass is 79.9. The first-order valence-corrected chi connectivity index (χ1v) is 9.84. The molecular weight excluding hydrogens is 485 g/mol. The number of amides is 1. The second-order valence-electron chi connectivity index (χ2n) is 5.44. The summed E-state index contributed by atoms with van der Waals surface area (Å²) in [7, 11) is 0. The van der Waals surface area contributed by atoms with Gasteiger partial charge in [0, 0.05) is 22.3 Å². The van der Waals surface area contributed by atoms with Crippen LogP contribution in [0.2, 0.25) is 10.0 Å². The number of carbonyl (C=O) groups excluding carboxylic acids is 1. The van der Waals surface area contributed by atoms with Gasteiger partial charge in [0.05, 0.1) is 10.0 Å². The maximum Gasteiger partial charge on any atom is 0.250 e. The summed E-state index contributed by atoms with van der Waals surface area (Å²) < 4.78 is 6.54. The van der Waals surface area contributed by atoms with Gasteiger partial charge in [0.2, 0.25) is 5.91 Å². The molecule has 5 nitrogen and oxygen atoms in total. The van der Waals surface area contributed by atoms with Crippen LogP contribution in [0.4, 0.5) is 5.82 Å². The lowest BCUT2D eigenvalue weighted by Crippen LogP contribution is -2.33. The highest BCUT2D eigenvalue weighted by Gasteiger charge is 2.10. The number of furan rings is 1. The van der Waals surface area contributed by atoms with E-state index in [1.165, 1.54) is 12.2 Å². The Morgan fingerprint density at radius 1 is 1.18 bits per heavy atom. The van der Waals surface area contributed by atoms with Crippen molar-refractivity contribution in [1.29, 1.82) is 0 Å². The van der Waals surface area contributed by atoms with Crippen LogP contribution >= 0.6 is 51.3 Å². The fourth-order valence-electron chi connectivity index (χ4n) is 2.19. The molecule has 0 saturated carbocycles. The second kappa shape index (κ2) is 9.34. The third-order valence-corrected chi connectivity index (χ3v) is 4.94. The van der Waals surface area contributed by atoms with Gasteiger partial charge in [-0.15, -0.1) is 0 Å². The molecule has 0 atom stereocenters. The zero-order valence-electron chi connectivity index (χ0n) is 14.1. The van der Waals surface area contributed by atoms with Gasteiger partial charge in [-0.2, -0.15) is 0 Å². The van der Waals surface area contributed by atoms with Gasteiger partial charge in [-0.3, -0.25) is 10.1 Å². The van der Waals surface area contributed by atoms with Crippen molar-refractivity contribution >= 4 is 74.3 Å². The Balaban J connectivity index is 1.60. The quantitative estimate of drug-likeness (QED) is 0.345. The summed E-state index contributed by atoms with van der Waals surface area (Å²) in [5, 5.41) is 6.33. The largest absolute Gasteiger partial charge is 0.457 e. The van der Waals surface area contributed by atoms with E-state index < -0.39 is 5.91 Å². The van der Waals surface area contributed by atoms with E-state index in [0.717, 1.165) is 4.47 Å². The van der Waals surface area contributed by atoms with Gasteiger partial charge < -0.3 is 9.73 Å². The molecule has 0 fully saturated rings. The Labute approximate surface area is 184 Å². The monoisotopic (exact) mass is 495 g/mol. The maximum absolute atomic E-state index is 12.0. The molecule has 3 aromatic rings. The topological polar surface area (TPSA) is 67.2 Å². The van der Waals surface area contributed by atoms with Crippen LogP contribution in [-0.2, 0) is 4.79 Å². The van der Waals surface area contributed by atoms with Crippen molar-refractivity contribution in [3.63, 3.8) is 0 Å². The standard InChI is InChI=1S/C19H12BrCl2N3O2S/c20-11-4-8-16(23-10-11)24-19(28)25-17(26)9-6-12-5-7-15(27-12)13-2-1-3-14(21)18(13)22/h1-10H,(H2,23,24,25,26,28).